The number of hydrogen-bond donors (Lipinski definition) is 2. The molecule has 0 amide bonds. The van der Waals surface area contributed by atoms with Crippen molar-refractivity contribution >= 4 is 5.69 Å². The van der Waals surface area contributed by atoms with Crippen LogP contribution in [-0.2, 0) is 0 Å². The van der Waals surface area contributed by atoms with Gasteiger partial charge >= 0.3 is 0 Å². The summed E-state index contributed by atoms with van der Waals surface area (Å²) in [6.45, 7) is 6.38. The molecule has 0 saturated heterocycles. The maximum absolute atomic E-state index is 5.34. The Morgan fingerprint density at radius 3 is 2.44 bits per heavy atom. The Balaban J connectivity index is 2.03. The number of aryl methyl sites for hydroxylation is 2. The van der Waals surface area contributed by atoms with E-state index in [9.17, 15) is 0 Å². The van der Waals surface area contributed by atoms with Gasteiger partial charge in [0.25, 0.3) is 0 Å². The summed E-state index contributed by atoms with van der Waals surface area (Å²) in [6.07, 6.45) is 2.66. The van der Waals surface area contributed by atoms with Crippen LogP contribution in [0.1, 0.15) is 24.0 Å². The average molecular weight is 248 g/mol. The molecule has 0 atom stereocenters. The first kappa shape index (κ1) is 13.2. The lowest BCUT2D eigenvalue weighted by Gasteiger charge is -2.18. The number of hydrogen-bond acceptors (Lipinski definition) is 3. The van der Waals surface area contributed by atoms with Gasteiger partial charge in [0.05, 0.1) is 7.11 Å². The predicted molar refractivity (Wildman–Crippen MR) is 76.6 cm³/mol. The van der Waals surface area contributed by atoms with Gasteiger partial charge in [0.15, 0.2) is 0 Å². The highest BCUT2D eigenvalue weighted by atomic mass is 16.5. The van der Waals surface area contributed by atoms with Gasteiger partial charge in [0.1, 0.15) is 5.75 Å². The molecule has 0 heterocycles. The monoisotopic (exact) mass is 248 g/mol. The minimum Gasteiger partial charge on any atom is -0.496 e. The van der Waals surface area contributed by atoms with Crippen molar-refractivity contribution in [3.05, 3.63) is 23.3 Å². The molecule has 0 aliphatic heterocycles. The Hall–Kier alpha value is -1.22. The van der Waals surface area contributed by atoms with Crippen LogP contribution in [0.15, 0.2) is 12.1 Å². The van der Waals surface area contributed by atoms with Gasteiger partial charge in [-0.05, 0) is 57.0 Å². The van der Waals surface area contributed by atoms with Crippen LogP contribution in [0.3, 0.4) is 0 Å². The van der Waals surface area contributed by atoms with Crippen molar-refractivity contribution in [3.63, 3.8) is 0 Å². The summed E-state index contributed by atoms with van der Waals surface area (Å²) in [5.41, 5.74) is 4.15. The van der Waals surface area contributed by atoms with Gasteiger partial charge < -0.3 is 15.4 Å². The lowest BCUT2D eigenvalue weighted by atomic mass is 10.1. The van der Waals surface area contributed by atoms with Crippen molar-refractivity contribution in [1.29, 1.82) is 0 Å². The van der Waals surface area contributed by atoms with Crippen LogP contribution in [0.5, 0.6) is 5.75 Å². The van der Waals surface area contributed by atoms with E-state index in [2.05, 4.69) is 36.6 Å². The van der Waals surface area contributed by atoms with E-state index >= 15 is 0 Å². The van der Waals surface area contributed by atoms with Crippen molar-refractivity contribution < 1.29 is 4.74 Å². The van der Waals surface area contributed by atoms with Crippen LogP contribution < -0.4 is 15.4 Å². The molecule has 100 valence electrons. The zero-order chi connectivity index (χ0) is 13.2. The van der Waals surface area contributed by atoms with Crippen molar-refractivity contribution in [2.75, 3.05) is 32.6 Å². The minimum atomic E-state index is 0.481. The van der Waals surface area contributed by atoms with E-state index in [0.717, 1.165) is 18.8 Å². The van der Waals surface area contributed by atoms with E-state index in [4.69, 9.17) is 4.74 Å². The second kappa shape index (κ2) is 5.19. The number of rotatable bonds is 6. The summed E-state index contributed by atoms with van der Waals surface area (Å²) < 4.78 is 5.34. The standard InChI is InChI=1S/C15H24N2O/c1-11-8-14(18-4)12(2)7-13(11)17-10-15(5-6-15)9-16-3/h7-8,16-17H,5-6,9-10H2,1-4H3. The largest absolute Gasteiger partial charge is 0.496 e. The van der Waals surface area contributed by atoms with Crippen molar-refractivity contribution in [2.24, 2.45) is 5.41 Å². The number of methoxy groups -OCH3 is 1. The van der Waals surface area contributed by atoms with Gasteiger partial charge in [-0.25, -0.2) is 0 Å². The van der Waals surface area contributed by atoms with Crippen LogP contribution in [0.25, 0.3) is 0 Å². The van der Waals surface area contributed by atoms with Gasteiger partial charge in [0.2, 0.25) is 0 Å². The topological polar surface area (TPSA) is 33.3 Å². The fourth-order valence-electron chi connectivity index (χ4n) is 2.45. The van der Waals surface area contributed by atoms with Crippen molar-refractivity contribution in [3.8, 4) is 5.75 Å². The Morgan fingerprint density at radius 1 is 1.17 bits per heavy atom. The summed E-state index contributed by atoms with van der Waals surface area (Å²) in [6, 6.07) is 4.29. The lowest BCUT2D eigenvalue weighted by Crippen LogP contribution is -2.27. The predicted octanol–water partition coefficient (Wildman–Crippen LogP) is 2.72. The van der Waals surface area contributed by atoms with E-state index in [-0.39, 0.29) is 0 Å². The highest BCUT2D eigenvalue weighted by Gasteiger charge is 2.41. The molecular formula is C15H24N2O. The molecule has 0 bridgehead atoms. The third kappa shape index (κ3) is 2.78. The first-order chi connectivity index (χ1) is 8.60. The Bertz CT molecular complexity index is 425. The van der Waals surface area contributed by atoms with Crippen molar-refractivity contribution in [1.82, 2.24) is 5.32 Å². The normalized spacial score (nSPS) is 16.4. The number of nitrogens with one attached hydrogen (secondary N) is 2. The number of ether oxygens (including phenoxy) is 1. The minimum absolute atomic E-state index is 0.481. The third-order valence-electron chi connectivity index (χ3n) is 3.90. The highest BCUT2D eigenvalue weighted by molar-refractivity contribution is 5.57. The molecule has 18 heavy (non-hydrogen) atoms. The van der Waals surface area contributed by atoms with E-state index in [1.165, 1.54) is 29.7 Å². The molecule has 2 rings (SSSR count). The Kier molecular flexibility index (Phi) is 3.81. The van der Waals surface area contributed by atoms with Gasteiger partial charge in [-0.15, -0.1) is 0 Å². The van der Waals surface area contributed by atoms with Crippen LogP contribution in [-0.4, -0.2) is 27.2 Å². The Labute approximate surface area is 110 Å². The summed E-state index contributed by atoms with van der Waals surface area (Å²) in [4.78, 5) is 0. The molecule has 3 nitrogen and oxygen atoms in total. The van der Waals surface area contributed by atoms with Gasteiger partial charge in [-0.2, -0.15) is 0 Å². The molecule has 1 aliphatic carbocycles. The molecule has 0 aromatic heterocycles. The summed E-state index contributed by atoms with van der Waals surface area (Å²) in [7, 11) is 3.75. The van der Waals surface area contributed by atoms with Crippen LogP contribution in [0, 0.1) is 19.3 Å². The van der Waals surface area contributed by atoms with E-state index in [1.54, 1.807) is 7.11 Å². The maximum Gasteiger partial charge on any atom is 0.122 e. The molecule has 0 spiro atoms. The molecule has 2 N–H and O–H groups in total. The second-order valence-electron chi connectivity index (χ2n) is 5.52. The second-order valence-corrected chi connectivity index (χ2v) is 5.52. The molecule has 1 aromatic carbocycles. The van der Waals surface area contributed by atoms with Gasteiger partial charge in [0, 0.05) is 24.2 Å². The quantitative estimate of drug-likeness (QED) is 0.812. The van der Waals surface area contributed by atoms with E-state index < -0.39 is 0 Å². The Morgan fingerprint density at radius 2 is 1.89 bits per heavy atom. The summed E-state index contributed by atoms with van der Waals surface area (Å²) in [5, 5.41) is 6.89. The average Bonchev–Trinajstić information content (AvgIpc) is 3.10. The van der Waals surface area contributed by atoms with Gasteiger partial charge in [-0.1, -0.05) is 0 Å². The third-order valence-corrected chi connectivity index (χ3v) is 3.90. The van der Waals surface area contributed by atoms with E-state index in [0.29, 0.717) is 5.41 Å². The fourth-order valence-corrected chi connectivity index (χ4v) is 2.45. The smallest absolute Gasteiger partial charge is 0.122 e. The highest BCUT2D eigenvalue weighted by Crippen LogP contribution is 2.45. The SMILES string of the molecule is CNCC1(CNc2cc(C)c(OC)cc2C)CC1. The van der Waals surface area contributed by atoms with Crippen LogP contribution in [0.2, 0.25) is 0 Å². The molecule has 3 heteroatoms. The van der Waals surface area contributed by atoms with Gasteiger partial charge in [-0.3, -0.25) is 0 Å². The summed E-state index contributed by atoms with van der Waals surface area (Å²) >= 11 is 0. The molecule has 1 aliphatic rings. The van der Waals surface area contributed by atoms with Crippen LogP contribution >= 0.6 is 0 Å². The molecular weight excluding hydrogens is 224 g/mol. The summed E-state index contributed by atoms with van der Waals surface area (Å²) in [5.74, 6) is 0.967. The molecule has 0 radical (unpaired) electrons. The molecule has 0 unspecified atom stereocenters. The first-order valence-electron chi connectivity index (χ1n) is 6.64. The molecule has 1 aromatic rings. The lowest BCUT2D eigenvalue weighted by molar-refractivity contribution is 0.411. The first-order valence-corrected chi connectivity index (χ1v) is 6.64. The van der Waals surface area contributed by atoms with E-state index in [1.807, 2.05) is 7.05 Å². The molecule has 1 saturated carbocycles. The number of anilines is 1. The van der Waals surface area contributed by atoms with Crippen molar-refractivity contribution in [2.45, 2.75) is 26.7 Å². The number of benzene rings is 1. The fraction of sp³-hybridized carbons (Fsp3) is 0.600. The zero-order valence-electron chi connectivity index (χ0n) is 11.9. The van der Waals surface area contributed by atoms with Crippen LogP contribution in [0.4, 0.5) is 5.69 Å². The molecule has 1 fully saturated rings. The maximum atomic E-state index is 5.34. The zero-order valence-corrected chi connectivity index (χ0v) is 11.9.